The monoisotopic (exact) mass is 129 g/mol. The Balaban J connectivity index is 0.000000222. The summed E-state index contributed by atoms with van der Waals surface area (Å²) >= 11 is 2.53. The van der Waals surface area contributed by atoms with Crippen molar-refractivity contribution in [1.29, 1.82) is 0 Å². The molecule has 8 heavy (non-hydrogen) atoms. The molecule has 1 heterocycles. The average molecular weight is 129 g/mol. The van der Waals surface area contributed by atoms with E-state index in [1.807, 2.05) is 18.2 Å². The van der Waals surface area contributed by atoms with Crippen molar-refractivity contribution in [3.8, 4) is 0 Å². The zero-order valence-corrected chi connectivity index (χ0v) is 5.12. The average Bonchev–Trinajstić information content (AvgIpc) is 1.96. The topological polar surface area (TPSA) is 33.1 Å². The Labute approximate surface area is 53.8 Å². The number of thiol groups is 1. The highest BCUT2D eigenvalue weighted by molar-refractivity contribution is 7.74. The van der Waals surface area contributed by atoms with Crippen LogP contribution in [0.2, 0.25) is 0 Å². The van der Waals surface area contributed by atoms with E-state index in [4.69, 9.17) is 4.55 Å². The molecular formula is C5H7NOS. The first-order valence-corrected chi connectivity index (χ1v) is 2.45. The number of aromatic nitrogens is 1. The van der Waals surface area contributed by atoms with Crippen molar-refractivity contribution in [1.82, 2.24) is 4.98 Å². The minimum atomic E-state index is 1.75. The third kappa shape index (κ3) is 3.64. The lowest BCUT2D eigenvalue weighted by molar-refractivity contribution is 0.679. The van der Waals surface area contributed by atoms with Crippen LogP contribution in [-0.4, -0.2) is 9.54 Å². The van der Waals surface area contributed by atoms with Crippen molar-refractivity contribution in [2.45, 2.75) is 0 Å². The molecule has 44 valence electrons. The van der Waals surface area contributed by atoms with Gasteiger partial charge in [-0.05, 0) is 25.0 Å². The summed E-state index contributed by atoms with van der Waals surface area (Å²) in [6, 6.07) is 5.72. The lowest BCUT2D eigenvalue weighted by Crippen LogP contribution is -1.58. The summed E-state index contributed by atoms with van der Waals surface area (Å²) in [4.78, 5) is 3.78. The maximum absolute atomic E-state index is 6.69. The molecule has 0 saturated heterocycles. The second-order valence-corrected chi connectivity index (χ2v) is 1.02. The summed E-state index contributed by atoms with van der Waals surface area (Å²) in [6.07, 6.45) is 3.50. The first kappa shape index (κ1) is 7.46. The fourth-order valence-corrected chi connectivity index (χ4v) is 0.313. The molecule has 0 aliphatic carbocycles. The summed E-state index contributed by atoms with van der Waals surface area (Å²) < 4.78 is 6.69. The van der Waals surface area contributed by atoms with Gasteiger partial charge in [-0.2, -0.15) is 0 Å². The zero-order chi connectivity index (χ0) is 6.24. The van der Waals surface area contributed by atoms with Crippen molar-refractivity contribution < 1.29 is 4.55 Å². The Morgan fingerprint density at radius 1 is 1.00 bits per heavy atom. The molecule has 1 rings (SSSR count). The molecule has 0 bridgehead atoms. The summed E-state index contributed by atoms with van der Waals surface area (Å²) in [6.45, 7) is 0. The van der Waals surface area contributed by atoms with E-state index in [1.54, 1.807) is 12.4 Å². The molecule has 1 aromatic heterocycles. The normalized spacial score (nSPS) is 6.75. The molecule has 0 aliphatic heterocycles. The number of hydrogen-bond acceptors (Lipinski definition) is 3. The minimum Gasteiger partial charge on any atom is -0.333 e. The molecule has 1 N–H and O–H groups in total. The van der Waals surface area contributed by atoms with E-state index in [0.29, 0.717) is 0 Å². The number of pyridine rings is 1. The van der Waals surface area contributed by atoms with Crippen LogP contribution in [0.3, 0.4) is 0 Å². The Morgan fingerprint density at radius 2 is 1.50 bits per heavy atom. The summed E-state index contributed by atoms with van der Waals surface area (Å²) in [5.41, 5.74) is 0. The Kier molecular flexibility index (Phi) is 6.02. The first-order valence-electron chi connectivity index (χ1n) is 2.05. The van der Waals surface area contributed by atoms with Crippen molar-refractivity contribution in [2.75, 3.05) is 0 Å². The molecule has 0 spiro atoms. The van der Waals surface area contributed by atoms with Gasteiger partial charge >= 0.3 is 0 Å². The highest BCUT2D eigenvalue weighted by atomic mass is 32.1. The van der Waals surface area contributed by atoms with E-state index in [-0.39, 0.29) is 0 Å². The predicted molar refractivity (Wildman–Crippen MR) is 35.9 cm³/mol. The van der Waals surface area contributed by atoms with Crippen molar-refractivity contribution in [2.24, 2.45) is 0 Å². The highest BCUT2D eigenvalue weighted by Gasteiger charge is 1.58. The van der Waals surface area contributed by atoms with Crippen LogP contribution in [0.5, 0.6) is 0 Å². The minimum absolute atomic E-state index is 1.75. The number of rotatable bonds is 0. The molecule has 0 atom stereocenters. The van der Waals surface area contributed by atoms with Gasteiger partial charge in [-0.15, -0.1) is 0 Å². The van der Waals surface area contributed by atoms with E-state index in [0.717, 1.165) is 0 Å². The van der Waals surface area contributed by atoms with Gasteiger partial charge in [-0.25, -0.2) is 0 Å². The quantitative estimate of drug-likeness (QED) is 0.411. The number of hydrogen-bond donors (Lipinski definition) is 2. The van der Waals surface area contributed by atoms with Gasteiger partial charge in [-0.3, -0.25) is 4.98 Å². The van der Waals surface area contributed by atoms with Crippen LogP contribution in [0.1, 0.15) is 0 Å². The van der Waals surface area contributed by atoms with Gasteiger partial charge in [0.2, 0.25) is 0 Å². The van der Waals surface area contributed by atoms with Crippen LogP contribution >= 0.6 is 12.9 Å². The van der Waals surface area contributed by atoms with Crippen LogP contribution in [0.4, 0.5) is 0 Å². The second-order valence-electron chi connectivity index (χ2n) is 1.02. The third-order valence-electron chi connectivity index (χ3n) is 0.566. The molecule has 0 amide bonds. The summed E-state index contributed by atoms with van der Waals surface area (Å²) in [7, 11) is 0. The molecule has 0 fully saturated rings. The fraction of sp³-hybridized carbons (Fsp3) is 0. The molecule has 1 aromatic rings. The van der Waals surface area contributed by atoms with Gasteiger partial charge in [0.15, 0.2) is 0 Å². The van der Waals surface area contributed by atoms with E-state index < -0.39 is 0 Å². The van der Waals surface area contributed by atoms with Crippen molar-refractivity contribution >= 4 is 12.9 Å². The molecule has 2 nitrogen and oxygen atoms in total. The van der Waals surface area contributed by atoms with Crippen LogP contribution in [-0.2, 0) is 0 Å². The molecule has 0 radical (unpaired) electrons. The molecule has 0 aliphatic rings. The van der Waals surface area contributed by atoms with Crippen LogP contribution in [0.15, 0.2) is 30.6 Å². The number of nitrogens with zero attached hydrogens (tertiary/aromatic N) is 1. The van der Waals surface area contributed by atoms with Crippen LogP contribution in [0, 0.1) is 0 Å². The van der Waals surface area contributed by atoms with Crippen molar-refractivity contribution in [3.63, 3.8) is 0 Å². The Morgan fingerprint density at radius 3 is 1.62 bits per heavy atom. The maximum Gasteiger partial charge on any atom is 0.0267 e. The Bertz CT molecular complexity index is 84.4. The first-order chi connectivity index (χ1) is 4.00. The molecule has 0 aromatic carbocycles. The standard InChI is InChI=1S/C5H5N.H2OS/c1-2-4-6-5-3-1;1-2/h1-5H;1-2H. The highest BCUT2D eigenvalue weighted by Crippen LogP contribution is 1.73. The van der Waals surface area contributed by atoms with Crippen molar-refractivity contribution in [3.05, 3.63) is 30.6 Å². The summed E-state index contributed by atoms with van der Waals surface area (Å²) in [5.74, 6) is 0. The predicted octanol–water partition coefficient (Wildman–Crippen LogP) is 1.47. The van der Waals surface area contributed by atoms with Gasteiger partial charge in [0.25, 0.3) is 0 Å². The summed E-state index contributed by atoms with van der Waals surface area (Å²) in [5, 5.41) is 0. The van der Waals surface area contributed by atoms with Crippen LogP contribution < -0.4 is 0 Å². The molecule has 0 saturated carbocycles. The van der Waals surface area contributed by atoms with Gasteiger partial charge in [0.1, 0.15) is 0 Å². The van der Waals surface area contributed by atoms with E-state index in [2.05, 4.69) is 17.9 Å². The van der Waals surface area contributed by atoms with Gasteiger partial charge in [-0.1, -0.05) is 6.07 Å². The van der Waals surface area contributed by atoms with Gasteiger partial charge in [0.05, 0.1) is 0 Å². The SMILES string of the molecule is OS.c1ccncc1. The second kappa shape index (κ2) is 6.46. The van der Waals surface area contributed by atoms with Gasteiger partial charge in [0, 0.05) is 12.4 Å². The third-order valence-corrected chi connectivity index (χ3v) is 0.566. The molecular weight excluding hydrogens is 122 g/mol. The van der Waals surface area contributed by atoms with Gasteiger partial charge < -0.3 is 4.55 Å². The lowest BCUT2D eigenvalue weighted by Gasteiger charge is -1.70. The molecule has 3 heteroatoms. The lowest BCUT2D eigenvalue weighted by atomic mass is 10.5. The Hall–Kier alpha value is -0.540. The fourth-order valence-electron chi connectivity index (χ4n) is 0.313. The van der Waals surface area contributed by atoms with E-state index >= 15 is 0 Å². The largest absolute Gasteiger partial charge is 0.333 e. The zero-order valence-electron chi connectivity index (χ0n) is 4.23. The van der Waals surface area contributed by atoms with E-state index in [9.17, 15) is 0 Å². The molecule has 0 unspecified atom stereocenters. The van der Waals surface area contributed by atoms with Crippen LogP contribution in [0.25, 0.3) is 0 Å². The van der Waals surface area contributed by atoms with E-state index in [1.165, 1.54) is 0 Å². The maximum atomic E-state index is 6.69. The smallest absolute Gasteiger partial charge is 0.0267 e.